The second-order valence-corrected chi connectivity index (χ2v) is 2.84. The van der Waals surface area contributed by atoms with Gasteiger partial charge in [-0.2, -0.15) is 0 Å². The van der Waals surface area contributed by atoms with Crippen LogP contribution in [0.4, 0.5) is 4.39 Å². The minimum Gasteiger partial charge on any atom is -0.475 e. The lowest BCUT2D eigenvalue weighted by molar-refractivity contribution is 0.0594. The van der Waals surface area contributed by atoms with Gasteiger partial charge in [0.05, 0.1) is 13.7 Å². The Bertz CT molecular complexity index is 370. The van der Waals surface area contributed by atoms with Crippen molar-refractivity contribution in [3.63, 3.8) is 0 Å². The highest BCUT2D eigenvalue weighted by Crippen LogP contribution is 2.13. The van der Waals surface area contributed by atoms with Gasteiger partial charge in [0, 0.05) is 19.4 Å². The zero-order valence-electron chi connectivity index (χ0n) is 9.03. The molecule has 1 aromatic rings. The fourth-order valence-electron chi connectivity index (χ4n) is 0.982. The maximum Gasteiger partial charge on any atom is 0.342 e. The van der Waals surface area contributed by atoms with Gasteiger partial charge in [-0.3, -0.25) is 0 Å². The Labute approximate surface area is 92.1 Å². The molecule has 0 aliphatic carbocycles. The maximum atomic E-state index is 13.3. The van der Waals surface area contributed by atoms with Crippen LogP contribution in [0.5, 0.6) is 5.88 Å². The third-order valence-electron chi connectivity index (χ3n) is 1.77. The van der Waals surface area contributed by atoms with E-state index in [1.165, 1.54) is 14.2 Å². The number of aromatic nitrogens is 1. The van der Waals surface area contributed by atoms with Crippen LogP contribution in [0, 0.1) is 5.82 Å². The van der Waals surface area contributed by atoms with Crippen molar-refractivity contribution in [1.82, 2.24) is 4.98 Å². The molecule has 0 N–H and O–H groups in total. The molecule has 1 heterocycles. The smallest absolute Gasteiger partial charge is 0.342 e. The summed E-state index contributed by atoms with van der Waals surface area (Å²) in [6.07, 6.45) is 1.07. The molecule has 0 aliphatic rings. The van der Waals surface area contributed by atoms with E-state index < -0.39 is 11.8 Å². The Morgan fingerprint density at radius 1 is 1.44 bits per heavy atom. The molecule has 6 heteroatoms. The Hall–Kier alpha value is -1.69. The number of carbonyl (C=O) groups excluding carboxylic acids is 1. The molecule has 0 aromatic carbocycles. The highest BCUT2D eigenvalue weighted by Gasteiger charge is 2.13. The van der Waals surface area contributed by atoms with Gasteiger partial charge in [0.15, 0.2) is 0 Å². The van der Waals surface area contributed by atoms with Crippen LogP contribution in [-0.4, -0.2) is 38.4 Å². The number of pyridine rings is 1. The minimum atomic E-state index is -0.770. The molecule has 0 amide bonds. The Morgan fingerprint density at radius 2 is 2.19 bits per heavy atom. The summed E-state index contributed by atoms with van der Waals surface area (Å²) < 4.78 is 27.5. The van der Waals surface area contributed by atoms with E-state index in [2.05, 4.69) is 9.72 Å². The molecule has 0 spiro atoms. The van der Waals surface area contributed by atoms with Crippen LogP contribution in [0.2, 0.25) is 0 Å². The molecule has 88 valence electrons. The maximum absolute atomic E-state index is 13.3. The summed E-state index contributed by atoms with van der Waals surface area (Å²) in [5, 5.41) is 0. The van der Waals surface area contributed by atoms with Crippen molar-refractivity contribution >= 4 is 5.97 Å². The van der Waals surface area contributed by atoms with Gasteiger partial charge in [-0.1, -0.05) is 0 Å². The molecule has 0 aliphatic heterocycles. The van der Waals surface area contributed by atoms with E-state index in [0.29, 0.717) is 6.61 Å². The van der Waals surface area contributed by atoms with Crippen LogP contribution in [0.1, 0.15) is 10.4 Å². The second-order valence-electron chi connectivity index (χ2n) is 2.84. The van der Waals surface area contributed by atoms with Crippen molar-refractivity contribution in [2.45, 2.75) is 0 Å². The predicted octanol–water partition coefficient (Wildman–Crippen LogP) is 1.03. The molecule has 0 saturated heterocycles. The number of hydrogen-bond donors (Lipinski definition) is 0. The monoisotopic (exact) mass is 229 g/mol. The average Bonchev–Trinajstić information content (AvgIpc) is 2.29. The van der Waals surface area contributed by atoms with E-state index in [-0.39, 0.29) is 18.1 Å². The molecule has 16 heavy (non-hydrogen) atoms. The van der Waals surface area contributed by atoms with E-state index in [1.807, 2.05) is 0 Å². The molecule has 0 radical (unpaired) electrons. The summed E-state index contributed by atoms with van der Waals surface area (Å²) in [6.45, 7) is 0.641. The van der Waals surface area contributed by atoms with E-state index in [4.69, 9.17) is 9.47 Å². The summed E-state index contributed by atoms with van der Waals surface area (Å²) in [5.74, 6) is -1.40. The van der Waals surface area contributed by atoms with E-state index in [1.54, 1.807) is 0 Å². The van der Waals surface area contributed by atoms with Crippen LogP contribution < -0.4 is 4.74 Å². The molecule has 0 fully saturated rings. The number of hydrogen-bond acceptors (Lipinski definition) is 5. The van der Waals surface area contributed by atoms with E-state index >= 15 is 0 Å². The standard InChI is InChI=1S/C10H12FNO4/c1-14-3-4-16-9-5-8(11)7(6-12-9)10(13)15-2/h5-6H,3-4H2,1-2H3. The number of halogens is 1. The predicted molar refractivity (Wildman–Crippen MR) is 52.9 cm³/mol. The molecular weight excluding hydrogens is 217 g/mol. The van der Waals surface area contributed by atoms with Crippen LogP contribution in [0.3, 0.4) is 0 Å². The highest BCUT2D eigenvalue weighted by atomic mass is 19.1. The molecule has 0 saturated carbocycles. The van der Waals surface area contributed by atoms with Gasteiger partial charge in [-0.05, 0) is 0 Å². The van der Waals surface area contributed by atoms with Gasteiger partial charge in [0.2, 0.25) is 5.88 Å². The Morgan fingerprint density at radius 3 is 2.75 bits per heavy atom. The number of esters is 1. The summed E-state index contributed by atoms with van der Waals surface area (Å²) in [7, 11) is 2.70. The summed E-state index contributed by atoms with van der Waals surface area (Å²) in [5.41, 5.74) is -0.221. The third kappa shape index (κ3) is 3.16. The molecule has 5 nitrogen and oxygen atoms in total. The molecule has 0 bridgehead atoms. The summed E-state index contributed by atoms with van der Waals surface area (Å²) in [6, 6.07) is 1.03. The lowest BCUT2D eigenvalue weighted by atomic mass is 10.3. The lowest BCUT2D eigenvalue weighted by Gasteiger charge is -2.05. The fourth-order valence-corrected chi connectivity index (χ4v) is 0.982. The van der Waals surface area contributed by atoms with E-state index in [0.717, 1.165) is 12.3 Å². The molecule has 0 unspecified atom stereocenters. The van der Waals surface area contributed by atoms with Crippen LogP contribution in [0.25, 0.3) is 0 Å². The van der Waals surface area contributed by atoms with Crippen LogP contribution in [0.15, 0.2) is 12.3 Å². The van der Waals surface area contributed by atoms with Crippen molar-refractivity contribution in [2.75, 3.05) is 27.4 Å². The van der Waals surface area contributed by atoms with Crippen molar-refractivity contribution in [2.24, 2.45) is 0 Å². The number of ether oxygens (including phenoxy) is 3. The first-order chi connectivity index (χ1) is 7.69. The quantitative estimate of drug-likeness (QED) is 0.557. The van der Waals surface area contributed by atoms with Gasteiger partial charge in [0.1, 0.15) is 18.0 Å². The topological polar surface area (TPSA) is 57.7 Å². The van der Waals surface area contributed by atoms with Crippen molar-refractivity contribution in [3.8, 4) is 5.88 Å². The first-order valence-corrected chi connectivity index (χ1v) is 4.54. The third-order valence-corrected chi connectivity index (χ3v) is 1.77. The lowest BCUT2D eigenvalue weighted by Crippen LogP contribution is -2.08. The van der Waals surface area contributed by atoms with Crippen LogP contribution in [-0.2, 0) is 9.47 Å². The second kappa shape index (κ2) is 6.02. The summed E-state index contributed by atoms with van der Waals surface area (Å²) in [4.78, 5) is 14.8. The Kier molecular flexibility index (Phi) is 4.65. The van der Waals surface area contributed by atoms with Gasteiger partial charge in [0.25, 0.3) is 0 Å². The van der Waals surface area contributed by atoms with Gasteiger partial charge in [-0.25, -0.2) is 14.2 Å². The SMILES string of the molecule is COCCOc1cc(F)c(C(=O)OC)cn1. The molecule has 0 atom stereocenters. The van der Waals surface area contributed by atoms with Crippen molar-refractivity contribution in [1.29, 1.82) is 0 Å². The Balaban J connectivity index is 2.71. The van der Waals surface area contributed by atoms with Crippen molar-refractivity contribution in [3.05, 3.63) is 23.6 Å². The molecule has 1 rings (SSSR count). The van der Waals surface area contributed by atoms with Crippen molar-refractivity contribution < 1.29 is 23.4 Å². The number of nitrogens with zero attached hydrogens (tertiary/aromatic N) is 1. The van der Waals surface area contributed by atoms with Gasteiger partial charge < -0.3 is 14.2 Å². The first kappa shape index (κ1) is 12.4. The van der Waals surface area contributed by atoms with Crippen LogP contribution >= 0.6 is 0 Å². The fraction of sp³-hybridized carbons (Fsp3) is 0.400. The molecular formula is C10H12FNO4. The molecule has 1 aromatic heterocycles. The van der Waals surface area contributed by atoms with Gasteiger partial charge in [-0.15, -0.1) is 0 Å². The average molecular weight is 229 g/mol. The first-order valence-electron chi connectivity index (χ1n) is 4.54. The van der Waals surface area contributed by atoms with Gasteiger partial charge >= 0.3 is 5.97 Å². The highest BCUT2D eigenvalue weighted by molar-refractivity contribution is 5.89. The largest absolute Gasteiger partial charge is 0.475 e. The zero-order chi connectivity index (χ0) is 12.0. The van der Waals surface area contributed by atoms with E-state index in [9.17, 15) is 9.18 Å². The number of rotatable bonds is 5. The number of methoxy groups -OCH3 is 2. The minimum absolute atomic E-state index is 0.0993. The normalized spacial score (nSPS) is 9.94. The summed E-state index contributed by atoms with van der Waals surface area (Å²) >= 11 is 0. The number of carbonyl (C=O) groups is 1. The zero-order valence-corrected chi connectivity index (χ0v) is 9.03.